The number of methoxy groups -OCH3 is 1. The van der Waals surface area contributed by atoms with Crippen LogP contribution in [0.1, 0.15) is 32.3 Å². The van der Waals surface area contributed by atoms with Crippen molar-refractivity contribution in [2.75, 3.05) is 19.0 Å². The Balaban J connectivity index is 0.00000208. The van der Waals surface area contributed by atoms with E-state index in [1.165, 1.54) is 0 Å². The third-order valence-corrected chi connectivity index (χ3v) is 5.74. The molecule has 6 heteroatoms. The molecule has 1 aromatic carbocycles. The van der Waals surface area contributed by atoms with Gasteiger partial charge in [-0.25, -0.2) is 0 Å². The van der Waals surface area contributed by atoms with Gasteiger partial charge in [-0.15, -0.1) is 12.4 Å². The molecule has 1 aliphatic heterocycles. The number of hydrogen-bond acceptors (Lipinski definition) is 4. The third-order valence-electron chi connectivity index (χ3n) is 5.74. The number of halogens is 1. The Hall–Kier alpha value is -1.30. The van der Waals surface area contributed by atoms with Crippen LogP contribution >= 0.6 is 12.4 Å². The number of aryl methyl sites for hydroxylation is 1. The normalized spacial score (nSPS) is 30.4. The van der Waals surface area contributed by atoms with Gasteiger partial charge in [0.2, 0.25) is 5.91 Å². The summed E-state index contributed by atoms with van der Waals surface area (Å²) in [7, 11) is 1.63. The maximum absolute atomic E-state index is 13.0. The highest BCUT2D eigenvalue weighted by Crippen LogP contribution is 2.57. The monoisotopic (exact) mass is 354 g/mol. The number of benzene rings is 1. The highest BCUT2D eigenvalue weighted by atomic mass is 35.5. The zero-order valence-electron chi connectivity index (χ0n) is 14.7. The summed E-state index contributed by atoms with van der Waals surface area (Å²) in [5.41, 5.74) is 7.07. The van der Waals surface area contributed by atoms with Gasteiger partial charge in [0, 0.05) is 23.6 Å². The molecule has 5 nitrogen and oxygen atoms in total. The van der Waals surface area contributed by atoms with E-state index in [9.17, 15) is 4.79 Å². The van der Waals surface area contributed by atoms with Crippen molar-refractivity contribution in [1.29, 1.82) is 0 Å². The van der Waals surface area contributed by atoms with E-state index >= 15 is 0 Å². The van der Waals surface area contributed by atoms with Crippen LogP contribution in [-0.2, 0) is 9.53 Å². The summed E-state index contributed by atoms with van der Waals surface area (Å²) in [5.74, 6) is 0.736. The molecule has 3 atom stereocenters. The minimum atomic E-state index is -0.898. The number of amides is 1. The largest absolute Gasteiger partial charge is 0.497 e. The van der Waals surface area contributed by atoms with E-state index in [0.29, 0.717) is 0 Å². The summed E-state index contributed by atoms with van der Waals surface area (Å²) in [6, 6.07) is 5.59. The summed E-state index contributed by atoms with van der Waals surface area (Å²) in [6.07, 6.45) is 1.98. The molecule has 0 radical (unpaired) electrons. The van der Waals surface area contributed by atoms with Gasteiger partial charge in [-0.1, -0.05) is 13.8 Å². The van der Waals surface area contributed by atoms with Gasteiger partial charge in [-0.3, -0.25) is 4.79 Å². The van der Waals surface area contributed by atoms with Crippen molar-refractivity contribution in [3.63, 3.8) is 0 Å². The van der Waals surface area contributed by atoms with Crippen molar-refractivity contribution in [2.45, 2.75) is 45.3 Å². The molecular formula is C18H27ClN2O3. The second kappa shape index (κ2) is 6.54. The Bertz CT molecular complexity index is 635. The van der Waals surface area contributed by atoms with Crippen molar-refractivity contribution in [1.82, 2.24) is 0 Å². The number of anilines is 1. The van der Waals surface area contributed by atoms with Gasteiger partial charge in [0.1, 0.15) is 11.3 Å². The Kier molecular flexibility index (Phi) is 5.19. The van der Waals surface area contributed by atoms with Crippen molar-refractivity contribution < 1.29 is 14.3 Å². The van der Waals surface area contributed by atoms with Gasteiger partial charge < -0.3 is 20.5 Å². The first-order valence-corrected chi connectivity index (χ1v) is 8.19. The van der Waals surface area contributed by atoms with Crippen LogP contribution in [0.15, 0.2) is 18.2 Å². The van der Waals surface area contributed by atoms with Gasteiger partial charge in [-0.05, 0) is 43.5 Å². The number of ether oxygens (including phenoxy) is 2. The Morgan fingerprint density at radius 2 is 2.12 bits per heavy atom. The second-order valence-corrected chi connectivity index (χ2v) is 7.27. The van der Waals surface area contributed by atoms with Crippen molar-refractivity contribution >= 4 is 24.0 Å². The van der Waals surface area contributed by atoms with E-state index in [1.807, 2.05) is 39.0 Å². The Morgan fingerprint density at radius 3 is 2.75 bits per heavy atom. The number of carbonyl (C=O) groups is 1. The second-order valence-electron chi connectivity index (χ2n) is 7.27. The maximum Gasteiger partial charge on any atom is 0.245 e. The molecule has 3 rings (SSSR count). The molecule has 2 fully saturated rings. The molecule has 0 spiro atoms. The van der Waals surface area contributed by atoms with Crippen LogP contribution in [0.5, 0.6) is 5.75 Å². The number of nitrogens with two attached hydrogens (primary N) is 1. The molecule has 24 heavy (non-hydrogen) atoms. The molecule has 0 bridgehead atoms. The zero-order chi connectivity index (χ0) is 16.8. The molecular weight excluding hydrogens is 328 g/mol. The fourth-order valence-electron chi connectivity index (χ4n) is 4.17. The lowest BCUT2D eigenvalue weighted by atomic mass is 9.46. The molecule has 3 unspecified atom stereocenters. The molecule has 1 saturated heterocycles. The highest BCUT2D eigenvalue weighted by molar-refractivity contribution is 6.00. The van der Waals surface area contributed by atoms with Crippen LogP contribution in [0.25, 0.3) is 0 Å². The first-order valence-electron chi connectivity index (χ1n) is 8.19. The fraction of sp³-hybridized carbons (Fsp3) is 0.611. The number of rotatable bonds is 3. The van der Waals surface area contributed by atoms with Crippen LogP contribution in [0, 0.1) is 18.3 Å². The summed E-state index contributed by atoms with van der Waals surface area (Å²) in [6.45, 7) is 6.76. The molecule has 1 amide bonds. The van der Waals surface area contributed by atoms with Gasteiger partial charge in [0.25, 0.3) is 0 Å². The summed E-state index contributed by atoms with van der Waals surface area (Å²) < 4.78 is 11.1. The minimum Gasteiger partial charge on any atom is -0.497 e. The van der Waals surface area contributed by atoms with Gasteiger partial charge in [-0.2, -0.15) is 0 Å². The zero-order valence-corrected chi connectivity index (χ0v) is 15.5. The first kappa shape index (κ1) is 19.0. The first-order chi connectivity index (χ1) is 10.8. The number of hydrogen-bond donors (Lipinski definition) is 2. The van der Waals surface area contributed by atoms with Crippen molar-refractivity contribution in [2.24, 2.45) is 17.1 Å². The summed E-state index contributed by atoms with van der Waals surface area (Å²) in [4.78, 5) is 13.0. The smallest absolute Gasteiger partial charge is 0.245 e. The SMILES string of the molecule is COc1ccc(NC(=O)C2(N)C3CCCOC3C2(C)C)c(C)c1.Cl. The van der Waals surface area contributed by atoms with E-state index in [0.717, 1.165) is 36.4 Å². The number of fused-ring (bicyclic) bond motifs is 1. The Morgan fingerprint density at radius 1 is 1.42 bits per heavy atom. The summed E-state index contributed by atoms with van der Waals surface area (Å²) >= 11 is 0. The van der Waals surface area contributed by atoms with Gasteiger partial charge in [0.15, 0.2) is 0 Å². The van der Waals surface area contributed by atoms with Crippen molar-refractivity contribution in [3.05, 3.63) is 23.8 Å². The molecule has 1 heterocycles. The van der Waals surface area contributed by atoms with E-state index in [1.54, 1.807) is 7.11 Å². The van der Waals surface area contributed by atoms with Gasteiger partial charge >= 0.3 is 0 Å². The molecule has 0 aromatic heterocycles. The standard InChI is InChI=1S/C18H26N2O3.ClH/c1-11-10-12(22-4)7-8-14(11)20-16(21)18(19)13-6-5-9-23-15(13)17(18,2)3;/h7-8,10,13,15H,5-6,9,19H2,1-4H3,(H,20,21);1H. The van der Waals surface area contributed by atoms with E-state index in [4.69, 9.17) is 15.2 Å². The predicted octanol–water partition coefficient (Wildman–Crippen LogP) is 2.90. The molecule has 1 saturated carbocycles. The summed E-state index contributed by atoms with van der Waals surface area (Å²) in [5, 5.41) is 3.02. The van der Waals surface area contributed by atoms with E-state index in [2.05, 4.69) is 5.32 Å². The third kappa shape index (κ3) is 2.59. The molecule has 2 aliphatic rings. The van der Waals surface area contributed by atoms with Crippen LogP contribution in [0.3, 0.4) is 0 Å². The highest BCUT2D eigenvalue weighted by Gasteiger charge is 2.70. The molecule has 1 aliphatic carbocycles. The fourth-order valence-corrected chi connectivity index (χ4v) is 4.17. The topological polar surface area (TPSA) is 73.6 Å². The number of carbonyl (C=O) groups excluding carboxylic acids is 1. The maximum atomic E-state index is 13.0. The quantitative estimate of drug-likeness (QED) is 0.875. The molecule has 1 aromatic rings. The van der Waals surface area contributed by atoms with E-state index in [-0.39, 0.29) is 35.8 Å². The van der Waals surface area contributed by atoms with E-state index < -0.39 is 5.54 Å². The van der Waals surface area contributed by atoms with Crippen LogP contribution in [0.4, 0.5) is 5.69 Å². The van der Waals surface area contributed by atoms with Crippen molar-refractivity contribution in [3.8, 4) is 5.75 Å². The number of nitrogens with one attached hydrogen (secondary N) is 1. The molecule has 3 N–H and O–H groups in total. The van der Waals surface area contributed by atoms with Crippen LogP contribution in [0.2, 0.25) is 0 Å². The minimum absolute atomic E-state index is 0. The average Bonchev–Trinajstić information content (AvgIpc) is 2.55. The lowest BCUT2D eigenvalue weighted by Crippen LogP contribution is -2.81. The predicted molar refractivity (Wildman–Crippen MR) is 96.8 cm³/mol. The lowest BCUT2D eigenvalue weighted by molar-refractivity contribution is -0.222. The van der Waals surface area contributed by atoms with Gasteiger partial charge in [0.05, 0.1) is 13.2 Å². The average molecular weight is 355 g/mol. The molecule has 134 valence electrons. The Labute approximate surface area is 149 Å². The lowest BCUT2D eigenvalue weighted by Gasteiger charge is -2.65. The van der Waals surface area contributed by atoms with Crippen LogP contribution < -0.4 is 15.8 Å². The van der Waals surface area contributed by atoms with Crippen LogP contribution in [-0.4, -0.2) is 31.3 Å².